The molecule has 1 aromatic heterocycles. The quantitative estimate of drug-likeness (QED) is 0.864. The van der Waals surface area contributed by atoms with Crippen molar-refractivity contribution < 1.29 is 22.5 Å². The Morgan fingerprint density at radius 2 is 2.10 bits per heavy atom. The van der Waals surface area contributed by atoms with E-state index < -0.39 is 15.9 Å². The number of hydrogen-bond acceptors (Lipinski definition) is 6. The normalized spacial score (nSPS) is 11.2. The van der Waals surface area contributed by atoms with Crippen LogP contribution in [0, 0.1) is 6.92 Å². The summed E-state index contributed by atoms with van der Waals surface area (Å²) in [5, 5.41) is 11.1. The molecule has 0 bridgehead atoms. The lowest BCUT2D eigenvalue weighted by Crippen LogP contribution is -2.15. The van der Waals surface area contributed by atoms with Gasteiger partial charge >= 0.3 is 0 Å². The van der Waals surface area contributed by atoms with Gasteiger partial charge in [0.05, 0.1) is 17.7 Å². The van der Waals surface area contributed by atoms with E-state index in [9.17, 15) is 13.2 Å². The summed E-state index contributed by atoms with van der Waals surface area (Å²) in [7, 11) is -2.50. The van der Waals surface area contributed by atoms with Crippen LogP contribution in [0.2, 0.25) is 0 Å². The number of nitrogens with two attached hydrogens (primary N) is 1. The Morgan fingerprint density at radius 1 is 1.38 bits per heavy atom. The van der Waals surface area contributed by atoms with Crippen LogP contribution in [0.5, 0.6) is 5.75 Å². The van der Waals surface area contributed by atoms with Crippen LogP contribution in [0.15, 0.2) is 33.7 Å². The van der Waals surface area contributed by atoms with Gasteiger partial charge < -0.3 is 14.6 Å². The zero-order valence-electron chi connectivity index (χ0n) is 11.3. The van der Waals surface area contributed by atoms with Crippen LogP contribution in [0.1, 0.15) is 16.2 Å². The summed E-state index contributed by atoms with van der Waals surface area (Å²) in [6.45, 7) is 1.64. The summed E-state index contributed by atoms with van der Waals surface area (Å²) >= 11 is 0. The van der Waals surface area contributed by atoms with Crippen molar-refractivity contribution in [1.29, 1.82) is 0 Å². The Balaban J connectivity index is 2.36. The summed E-state index contributed by atoms with van der Waals surface area (Å²) in [4.78, 5) is 11.8. The van der Waals surface area contributed by atoms with Crippen LogP contribution in [0.25, 0.3) is 0 Å². The lowest BCUT2D eigenvalue weighted by Gasteiger charge is -2.10. The molecule has 1 amide bonds. The molecule has 112 valence electrons. The van der Waals surface area contributed by atoms with Crippen LogP contribution < -0.4 is 15.2 Å². The lowest BCUT2D eigenvalue weighted by atomic mass is 10.2. The molecule has 0 saturated heterocycles. The smallest absolute Gasteiger partial charge is 0.277 e. The van der Waals surface area contributed by atoms with Crippen molar-refractivity contribution in [2.45, 2.75) is 11.8 Å². The Bertz CT molecular complexity index is 782. The highest BCUT2D eigenvalue weighted by atomic mass is 32.2. The van der Waals surface area contributed by atoms with Gasteiger partial charge in [-0.15, -0.1) is 0 Å². The third-order valence-corrected chi connectivity index (χ3v) is 3.52. The Labute approximate surface area is 120 Å². The number of sulfonamides is 1. The third kappa shape index (κ3) is 3.38. The second-order valence-electron chi connectivity index (χ2n) is 4.18. The average Bonchev–Trinajstić information content (AvgIpc) is 2.84. The standard InChI is InChI=1S/C12H13N3O5S/c1-7-5-10(15-20-7)12(16)14-9-6-8(21(13,17)18)3-4-11(9)19-2/h3-6H,1-2H3,(H,14,16)(H2,13,17,18). The second-order valence-corrected chi connectivity index (χ2v) is 5.75. The minimum atomic E-state index is -3.89. The molecule has 1 aromatic carbocycles. The SMILES string of the molecule is COc1ccc(S(N)(=O)=O)cc1NC(=O)c1cc(C)on1. The number of anilines is 1. The van der Waals surface area contributed by atoms with Gasteiger partial charge in [-0.3, -0.25) is 4.79 Å². The molecule has 1 heterocycles. The van der Waals surface area contributed by atoms with Crippen molar-refractivity contribution in [2.75, 3.05) is 12.4 Å². The molecule has 21 heavy (non-hydrogen) atoms. The van der Waals surface area contributed by atoms with E-state index >= 15 is 0 Å². The Kier molecular flexibility index (Phi) is 3.96. The molecule has 0 fully saturated rings. The largest absolute Gasteiger partial charge is 0.495 e. The molecule has 0 radical (unpaired) electrons. The van der Waals surface area contributed by atoms with E-state index in [0.717, 1.165) is 0 Å². The first-order valence-electron chi connectivity index (χ1n) is 5.77. The van der Waals surface area contributed by atoms with E-state index in [-0.39, 0.29) is 22.0 Å². The van der Waals surface area contributed by atoms with Gasteiger partial charge in [0.2, 0.25) is 10.0 Å². The van der Waals surface area contributed by atoms with Crippen LogP contribution in [0.3, 0.4) is 0 Å². The first-order valence-corrected chi connectivity index (χ1v) is 7.31. The number of ether oxygens (including phenoxy) is 1. The number of nitrogens with zero attached hydrogens (tertiary/aromatic N) is 1. The van der Waals surface area contributed by atoms with Crippen molar-refractivity contribution in [1.82, 2.24) is 5.16 Å². The van der Waals surface area contributed by atoms with Crippen molar-refractivity contribution in [2.24, 2.45) is 5.14 Å². The zero-order valence-corrected chi connectivity index (χ0v) is 12.1. The molecule has 2 rings (SSSR count). The predicted molar refractivity (Wildman–Crippen MR) is 73.6 cm³/mol. The number of hydrogen-bond donors (Lipinski definition) is 2. The molecule has 2 aromatic rings. The van der Waals surface area contributed by atoms with Gasteiger partial charge in [0.15, 0.2) is 5.69 Å². The average molecular weight is 311 g/mol. The van der Waals surface area contributed by atoms with Crippen LogP contribution in [-0.4, -0.2) is 26.6 Å². The predicted octanol–water partition coefficient (Wildman–Crippen LogP) is 0.891. The minimum Gasteiger partial charge on any atom is -0.495 e. The van der Waals surface area contributed by atoms with Crippen molar-refractivity contribution in [3.63, 3.8) is 0 Å². The van der Waals surface area contributed by atoms with Gasteiger partial charge in [-0.1, -0.05) is 5.16 Å². The molecule has 0 atom stereocenters. The number of methoxy groups -OCH3 is 1. The Morgan fingerprint density at radius 3 is 2.62 bits per heavy atom. The third-order valence-electron chi connectivity index (χ3n) is 2.61. The van der Waals surface area contributed by atoms with E-state index in [2.05, 4.69) is 10.5 Å². The molecule has 3 N–H and O–H groups in total. The summed E-state index contributed by atoms with van der Waals surface area (Å²) in [6, 6.07) is 5.33. The number of rotatable bonds is 4. The molecular weight excluding hydrogens is 298 g/mol. The zero-order chi connectivity index (χ0) is 15.6. The monoisotopic (exact) mass is 311 g/mol. The molecule has 0 unspecified atom stereocenters. The van der Waals surface area contributed by atoms with Crippen LogP contribution in [0.4, 0.5) is 5.69 Å². The van der Waals surface area contributed by atoms with E-state index in [1.807, 2.05) is 0 Å². The lowest BCUT2D eigenvalue weighted by molar-refractivity contribution is 0.101. The van der Waals surface area contributed by atoms with Gasteiger partial charge in [-0.05, 0) is 25.1 Å². The summed E-state index contributed by atoms with van der Waals surface area (Å²) in [5.74, 6) is 0.207. The number of aromatic nitrogens is 1. The van der Waals surface area contributed by atoms with Crippen molar-refractivity contribution in [3.05, 3.63) is 35.7 Å². The minimum absolute atomic E-state index is 0.0653. The van der Waals surface area contributed by atoms with Gasteiger partial charge in [0.1, 0.15) is 11.5 Å². The molecule has 0 aliphatic rings. The molecule has 0 aliphatic heterocycles. The number of carbonyl (C=O) groups is 1. The number of benzene rings is 1. The number of nitrogens with one attached hydrogen (secondary N) is 1. The molecule has 0 aliphatic carbocycles. The maximum absolute atomic E-state index is 12.0. The summed E-state index contributed by atoms with van der Waals surface area (Å²) in [5.41, 5.74) is 0.227. The summed E-state index contributed by atoms with van der Waals surface area (Å²) < 4.78 is 32.5. The van der Waals surface area contributed by atoms with Gasteiger partial charge in [-0.2, -0.15) is 0 Å². The fourth-order valence-corrected chi connectivity index (χ4v) is 2.16. The second kappa shape index (κ2) is 5.54. The number of primary sulfonamides is 1. The number of aryl methyl sites for hydroxylation is 1. The fourth-order valence-electron chi connectivity index (χ4n) is 1.62. The van der Waals surface area contributed by atoms with Gasteiger partial charge in [0, 0.05) is 6.07 Å². The maximum atomic E-state index is 12.0. The van der Waals surface area contributed by atoms with E-state index in [0.29, 0.717) is 5.76 Å². The van der Waals surface area contributed by atoms with Crippen LogP contribution in [-0.2, 0) is 10.0 Å². The van der Waals surface area contributed by atoms with E-state index in [1.54, 1.807) is 6.92 Å². The first kappa shape index (κ1) is 15.0. The van der Waals surface area contributed by atoms with Crippen LogP contribution >= 0.6 is 0 Å². The highest BCUT2D eigenvalue weighted by molar-refractivity contribution is 7.89. The van der Waals surface area contributed by atoms with Gasteiger partial charge in [0.25, 0.3) is 5.91 Å². The highest BCUT2D eigenvalue weighted by Gasteiger charge is 2.16. The van der Waals surface area contributed by atoms with Crippen molar-refractivity contribution in [3.8, 4) is 5.75 Å². The molecule has 0 saturated carbocycles. The maximum Gasteiger partial charge on any atom is 0.277 e. The number of amides is 1. The first-order chi connectivity index (χ1) is 9.81. The van der Waals surface area contributed by atoms with Gasteiger partial charge in [-0.25, -0.2) is 13.6 Å². The highest BCUT2D eigenvalue weighted by Crippen LogP contribution is 2.27. The van der Waals surface area contributed by atoms with Crippen molar-refractivity contribution >= 4 is 21.6 Å². The van der Waals surface area contributed by atoms with E-state index in [1.165, 1.54) is 31.4 Å². The summed E-state index contributed by atoms with van der Waals surface area (Å²) in [6.07, 6.45) is 0. The topological polar surface area (TPSA) is 125 Å². The van der Waals surface area contributed by atoms with E-state index in [4.69, 9.17) is 14.4 Å². The Hall–Kier alpha value is -2.39. The fraction of sp³-hybridized carbons (Fsp3) is 0.167. The molecular formula is C12H13N3O5S. The molecule has 8 nitrogen and oxygen atoms in total. The molecule has 0 spiro atoms. The molecule has 9 heteroatoms. The number of carbonyl (C=O) groups excluding carboxylic acids is 1.